The lowest BCUT2D eigenvalue weighted by Gasteiger charge is -2.39. The zero-order valence-corrected chi connectivity index (χ0v) is 14.3. The van der Waals surface area contributed by atoms with Crippen LogP contribution in [-0.4, -0.2) is 58.7 Å². The topological polar surface area (TPSA) is 84.9 Å². The van der Waals surface area contributed by atoms with E-state index in [1.54, 1.807) is 17.0 Å². The number of ether oxygens (including phenoxy) is 2. The summed E-state index contributed by atoms with van der Waals surface area (Å²) < 4.78 is 34.4. The van der Waals surface area contributed by atoms with Crippen LogP contribution in [0.3, 0.4) is 0 Å². The molecule has 1 amide bonds. The maximum Gasteiger partial charge on any atom is 0.239 e. The molecule has 3 rings (SSSR count). The zero-order valence-electron chi connectivity index (χ0n) is 12.7. The predicted molar refractivity (Wildman–Crippen MR) is 86.3 cm³/mol. The van der Waals surface area contributed by atoms with Gasteiger partial charge in [0.1, 0.15) is 11.5 Å². The first-order valence-corrected chi connectivity index (χ1v) is 9.22. The first kappa shape index (κ1) is 16.2. The summed E-state index contributed by atoms with van der Waals surface area (Å²) in [6.45, 7) is 0.0513. The van der Waals surface area contributed by atoms with Gasteiger partial charge in [0.05, 0.1) is 55.1 Å². The number of amides is 1. The Balaban J connectivity index is 2.06. The van der Waals surface area contributed by atoms with Crippen LogP contribution in [0.1, 0.15) is 0 Å². The van der Waals surface area contributed by atoms with Gasteiger partial charge in [-0.05, 0) is 6.07 Å². The monoisotopic (exact) mass is 360 g/mol. The normalized spacial score (nSPS) is 25.7. The summed E-state index contributed by atoms with van der Waals surface area (Å²) in [7, 11) is -0.197. The second-order valence-corrected chi connectivity index (χ2v) is 8.17. The van der Waals surface area contributed by atoms with Crippen molar-refractivity contribution in [1.29, 1.82) is 0 Å². The van der Waals surface area contributed by atoms with Gasteiger partial charge in [0.15, 0.2) is 9.84 Å². The Morgan fingerprint density at radius 1 is 1.22 bits per heavy atom. The van der Waals surface area contributed by atoms with Gasteiger partial charge < -0.3 is 19.7 Å². The Bertz CT molecular complexity index is 752. The van der Waals surface area contributed by atoms with Crippen LogP contribution in [-0.2, 0) is 14.6 Å². The maximum atomic E-state index is 12.0. The average Bonchev–Trinajstić information content (AvgIpc) is 2.79. The van der Waals surface area contributed by atoms with Gasteiger partial charge in [0.25, 0.3) is 0 Å². The molecule has 2 atom stereocenters. The van der Waals surface area contributed by atoms with E-state index in [0.717, 1.165) is 0 Å². The second kappa shape index (κ2) is 5.76. The van der Waals surface area contributed by atoms with Crippen LogP contribution >= 0.6 is 11.6 Å². The largest absolute Gasteiger partial charge is 0.495 e. The van der Waals surface area contributed by atoms with Crippen LogP contribution in [0.5, 0.6) is 11.5 Å². The minimum Gasteiger partial charge on any atom is -0.495 e. The highest BCUT2D eigenvalue weighted by Crippen LogP contribution is 2.40. The van der Waals surface area contributed by atoms with Crippen molar-refractivity contribution in [3.63, 3.8) is 0 Å². The van der Waals surface area contributed by atoms with Crippen LogP contribution in [0.15, 0.2) is 12.1 Å². The number of benzene rings is 1. The second-order valence-electron chi connectivity index (χ2n) is 5.60. The van der Waals surface area contributed by atoms with Gasteiger partial charge in [-0.25, -0.2) is 8.42 Å². The van der Waals surface area contributed by atoms with Gasteiger partial charge in [-0.1, -0.05) is 11.6 Å². The number of hydrogen-bond donors (Lipinski definition) is 1. The lowest BCUT2D eigenvalue weighted by atomic mass is 10.1. The minimum atomic E-state index is -3.19. The highest BCUT2D eigenvalue weighted by atomic mass is 35.5. The standard InChI is InChI=1S/C14H17ClN2O5S/c1-21-12-4-13(22-2)10(3-8(12)15)17-5-14(18)16-9-6-23(19,20)7-11(9)17/h3-4,9,11H,5-7H2,1-2H3,(H,16,18)/t9-,11-/m0/s1. The summed E-state index contributed by atoms with van der Waals surface area (Å²) >= 11 is 6.19. The van der Waals surface area contributed by atoms with Crippen LogP contribution in [0.25, 0.3) is 0 Å². The lowest BCUT2D eigenvalue weighted by Crippen LogP contribution is -2.60. The first-order chi connectivity index (χ1) is 10.8. The number of carbonyl (C=O) groups is 1. The third kappa shape index (κ3) is 2.92. The fourth-order valence-electron chi connectivity index (χ4n) is 3.13. The molecule has 23 heavy (non-hydrogen) atoms. The molecule has 0 spiro atoms. The number of sulfone groups is 1. The third-order valence-corrected chi connectivity index (χ3v) is 6.16. The quantitative estimate of drug-likeness (QED) is 0.843. The molecule has 7 nitrogen and oxygen atoms in total. The third-order valence-electron chi connectivity index (χ3n) is 4.15. The Kier molecular flexibility index (Phi) is 4.05. The van der Waals surface area contributed by atoms with Gasteiger partial charge in [-0.15, -0.1) is 0 Å². The Labute approximate surface area is 139 Å². The number of halogens is 1. The van der Waals surface area contributed by atoms with Crippen molar-refractivity contribution in [2.75, 3.05) is 37.2 Å². The number of nitrogens with one attached hydrogen (secondary N) is 1. The van der Waals surface area contributed by atoms with E-state index in [0.29, 0.717) is 22.2 Å². The molecule has 2 saturated heterocycles. The minimum absolute atomic E-state index is 0.00918. The fraction of sp³-hybridized carbons (Fsp3) is 0.500. The molecule has 2 aliphatic rings. The molecule has 0 aromatic heterocycles. The SMILES string of the molecule is COc1cc(OC)c(N2CC(=O)N[C@H]3CS(=O)(=O)C[C@@H]32)cc1Cl. The summed E-state index contributed by atoms with van der Waals surface area (Å²) in [5.74, 6) is 0.641. The lowest BCUT2D eigenvalue weighted by molar-refractivity contribution is -0.121. The number of piperazine rings is 1. The summed E-state index contributed by atoms with van der Waals surface area (Å²) in [4.78, 5) is 13.7. The van der Waals surface area contributed by atoms with Crippen molar-refractivity contribution in [3.05, 3.63) is 17.2 Å². The van der Waals surface area contributed by atoms with E-state index < -0.39 is 15.9 Å². The van der Waals surface area contributed by atoms with Crippen molar-refractivity contribution < 1.29 is 22.7 Å². The summed E-state index contributed by atoms with van der Waals surface area (Å²) in [5, 5.41) is 3.12. The number of carbonyl (C=O) groups excluding carboxylic acids is 1. The Morgan fingerprint density at radius 2 is 1.91 bits per heavy atom. The van der Waals surface area contributed by atoms with E-state index in [1.807, 2.05) is 0 Å². The van der Waals surface area contributed by atoms with E-state index in [9.17, 15) is 13.2 Å². The number of methoxy groups -OCH3 is 2. The number of nitrogens with zero attached hydrogens (tertiary/aromatic N) is 1. The smallest absolute Gasteiger partial charge is 0.239 e. The molecule has 126 valence electrons. The molecule has 0 aliphatic carbocycles. The molecule has 1 aromatic rings. The van der Waals surface area contributed by atoms with E-state index in [1.165, 1.54) is 14.2 Å². The molecule has 0 bridgehead atoms. The number of rotatable bonds is 3. The van der Waals surface area contributed by atoms with Gasteiger partial charge in [-0.2, -0.15) is 0 Å². The summed E-state index contributed by atoms with van der Waals surface area (Å²) in [5.41, 5.74) is 0.584. The van der Waals surface area contributed by atoms with Gasteiger partial charge >= 0.3 is 0 Å². The molecule has 0 saturated carbocycles. The van der Waals surface area contributed by atoms with Crippen LogP contribution in [0, 0.1) is 0 Å². The first-order valence-electron chi connectivity index (χ1n) is 7.02. The van der Waals surface area contributed by atoms with Crippen LogP contribution in [0.2, 0.25) is 5.02 Å². The molecular weight excluding hydrogens is 344 g/mol. The average molecular weight is 361 g/mol. The van der Waals surface area contributed by atoms with E-state index >= 15 is 0 Å². The predicted octanol–water partition coefficient (Wildman–Crippen LogP) is 0.459. The zero-order chi connectivity index (χ0) is 16.8. The van der Waals surface area contributed by atoms with Crippen molar-refractivity contribution >= 4 is 33.0 Å². The number of fused-ring (bicyclic) bond motifs is 1. The van der Waals surface area contributed by atoms with Gasteiger partial charge in [0, 0.05) is 6.07 Å². The molecule has 9 heteroatoms. The van der Waals surface area contributed by atoms with Crippen LogP contribution in [0.4, 0.5) is 5.69 Å². The van der Waals surface area contributed by atoms with Crippen molar-refractivity contribution in [2.45, 2.75) is 12.1 Å². The Morgan fingerprint density at radius 3 is 2.57 bits per heavy atom. The van der Waals surface area contributed by atoms with Gasteiger partial charge in [0.2, 0.25) is 5.91 Å². The van der Waals surface area contributed by atoms with E-state index in [4.69, 9.17) is 21.1 Å². The summed E-state index contributed by atoms with van der Waals surface area (Å²) in [6, 6.07) is 2.51. The maximum absolute atomic E-state index is 12.0. The van der Waals surface area contributed by atoms with Gasteiger partial charge in [-0.3, -0.25) is 4.79 Å². The molecule has 2 fully saturated rings. The van der Waals surface area contributed by atoms with Crippen LogP contribution < -0.4 is 19.7 Å². The fourth-order valence-corrected chi connectivity index (χ4v) is 5.29. The Hall–Kier alpha value is -1.67. The summed E-state index contributed by atoms with van der Waals surface area (Å²) in [6.07, 6.45) is 0. The van der Waals surface area contributed by atoms with Crippen molar-refractivity contribution in [3.8, 4) is 11.5 Å². The highest BCUT2D eigenvalue weighted by Gasteiger charge is 2.46. The molecule has 0 unspecified atom stereocenters. The van der Waals surface area contributed by atoms with E-state index in [-0.39, 0.29) is 30.0 Å². The van der Waals surface area contributed by atoms with Crippen molar-refractivity contribution in [1.82, 2.24) is 5.32 Å². The number of hydrogen-bond acceptors (Lipinski definition) is 6. The molecule has 2 aliphatic heterocycles. The highest BCUT2D eigenvalue weighted by molar-refractivity contribution is 7.91. The van der Waals surface area contributed by atoms with Crippen molar-refractivity contribution in [2.24, 2.45) is 0 Å². The molecule has 2 heterocycles. The van der Waals surface area contributed by atoms with E-state index in [2.05, 4.69) is 5.32 Å². The number of anilines is 1. The molecule has 1 aromatic carbocycles. The molecule has 0 radical (unpaired) electrons. The molecular formula is C14H17ClN2O5S. The molecule has 1 N–H and O–H groups in total.